The molecule has 0 bridgehead atoms. The standard InChI is InChI=1S/C22H25ClFN3O2/c23-20-14-16(22(28)27-10-2-1-3-11-27)15-25-21(20)26-12-8-19(9-13-26)29-18-6-4-17(24)5-7-18/h4-7,14-15,19H,1-3,8-13H2. The number of likely N-dealkylation sites (tertiary alicyclic amines) is 1. The minimum atomic E-state index is -0.268. The number of ether oxygens (including phenoxy) is 1. The average Bonchev–Trinajstić information content (AvgIpc) is 2.76. The second-order valence-electron chi connectivity index (χ2n) is 7.64. The summed E-state index contributed by atoms with van der Waals surface area (Å²) in [5, 5.41) is 0.505. The van der Waals surface area contributed by atoms with Gasteiger partial charge in [0.25, 0.3) is 5.91 Å². The lowest BCUT2D eigenvalue weighted by molar-refractivity contribution is 0.0724. The quantitative estimate of drug-likeness (QED) is 0.732. The number of benzene rings is 1. The van der Waals surface area contributed by atoms with Crippen LogP contribution < -0.4 is 9.64 Å². The predicted octanol–water partition coefficient (Wildman–Crippen LogP) is 4.55. The first-order valence-corrected chi connectivity index (χ1v) is 10.6. The molecule has 1 aromatic carbocycles. The fourth-order valence-electron chi connectivity index (χ4n) is 3.95. The Morgan fingerprint density at radius 1 is 1.07 bits per heavy atom. The maximum atomic E-state index is 13.0. The van der Waals surface area contributed by atoms with E-state index in [1.165, 1.54) is 18.6 Å². The van der Waals surface area contributed by atoms with Gasteiger partial charge in [0.15, 0.2) is 0 Å². The number of amides is 1. The van der Waals surface area contributed by atoms with Crippen LogP contribution in [0.1, 0.15) is 42.5 Å². The van der Waals surface area contributed by atoms with Crippen LogP contribution in [-0.2, 0) is 0 Å². The van der Waals surface area contributed by atoms with Crippen molar-refractivity contribution < 1.29 is 13.9 Å². The Morgan fingerprint density at radius 3 is 2.41 bits per heavy atom. The Kier molecular flexibility index (Phi) is 6.19. The van der Waals surface area contributed by atoms with E-state index >= 15 is 0 Å². The van der Waals surface area contributed by atoms with Crippen LogP contribution in [0.2, 0.25) is 5.02 Å². The van der Waals surface area contributed by atoms with E-state index in [-0.39, 0.29) is 17.8 Å². The van der Waals surface area contributed by atoms with Crippen LogP contribution in [0.25, 0.3) is 0 Å². The molecule has 2 aromatic rings. The molecule has 0 saturated carbocycles. The Morgan fingerprint density at radius 2 is 1.76 bits per heavy atom. The number of hydrogen-bond acceptors (Lipinski definition) is 4. The van der Waals surface area contributed by atoms with Gasteiger partial charge in [0.2, 0.25) is 0 Å². The van der Waals surface area contributed by atoms with Crippen molar-refractivity contribution in [2.45, 2.75) is 38.2 Å². The molecular weight excluding hydrogens is 393 g/mol. The molecule has 1 amide bonds. The molecule has 0 aliphatic carbocycles. The lowest BCUT2D eigenvalue weighted by Crippen LogP contribution is -2.39. The molecule has 2 saturated heterocycles. The molecule has 154 valence electrons. The molecule has 1 aromatic heterocycles. The number of piperidine rings is 2. The van der Waals surface area contributed by atoms with Crippen LogP contribution in [0.4, 0.5) is 10.2 Å². The molecule has 4 rings (SSSR count). The van der Waals surface area contributed by atoms with Crippen molar-refractivity contribution in [1.82, 2.24) is 9.88 Å². The molecule has 7 heteroatoms. The molecule has 0 atom stereocenters. The van der Waals surface area contributed by atoms with Gasteiger partial charge in [-0.25, -0.2) is 9.37 Å². The zero-order chi connectivity index (χ0) is 20.2. The first kappa shape index (κ1) is 20.0. The molecule has 0 radical (unpaired) electrons. The van der Waals surface area contributed by atoms with Gasteiger partial charge in [-0.2, -0.15) is 0 Å². The number of carbonyl (C=O) groups excluding carboxylic acids is 1. The number of anilines is 1. The molecule has 5 nitrogen and oxygen atoms in total. The van der Waals surface area contributed by atoms with Gasteiger partial charge in [-0.1, -0.05) is 11.6 Å². The summed E-state index contributed by atoms with van der Waals surface area (Å²) in [7, 11) is 0. The Balaban J connectivity index is 1.35. The van der Waals surface area contributed by atoms with Crippen LogP contribution in [-0.4, -0.2) is 48.1 Å². The maximum absolute atomic E-state index is 13.0. The highest BCUT2D eigenvalue weighted by molar-refractivity contribution is 6.33. The molecule has 2 aliphatic rings. The van der Waals surface area contributed by atoms with Crippen molar-refractivity contribution in [3.05, 3.63) is 52.9 Å². The number of hydrogen-bond donors (Lipinski definition) is 0. The third-order valence-corrected chi connectivity index (χ3v) is 5.85. The first-order valence-electron chi connectivity index (χ1n) is 10.2. The molecule has 2 aliphatic heterocycles. The molecule has 29 heavy (non-hydrogen) atoms. The summed E-state index contributed by atoms with van der Waals surface area (Å²) in [4.78, 5) is 21.2. The summed E-state index contributed by atoms with van der Waals surface area (Å²) in [6, 6.07) is 7.85. The number of aromatic nitrogens is 1. The minimum absolute atomic E-state index is 0.0112. The highest BCUT2D eigenvalue weighted by Gasteiger charge is 2.25. The smallest absolute Gasteiger partial charge is 0.255 e. The van der Waals surface area contributed by atoms with E-state index in [0.717, 1.165) is 51.9 Å². The van der Waals surface area contributed by atoms with Crippen molar-refractivity contribution in [3.8, 4) is 5.75 Å². The van der Waals surface area contributed by atoms with Gasteiger partial charge in [0, 0.05) is 45.2 Å². The zero-order valence-corrected chi connectivity index (χ0v) is 17.1. The normalized spacial score (nSPS) is 18.0. The summed E-state index contributed by atoms with van der Waals surface area (Å²) in [6.07, 6.45) is 6.66. The molecule has 0 spiro atoms. The van der Waals surface area contributed by atoms with Crippen LogP contribution in [0, 0.1) is 5.82 Å². The second kappa shape index (κ2) is 8.99. The third kappa shape index (κ3) is 4.81. The highest BCUT2D eigenvalue weighted by atomic mass is 35.5. The van der Waals surface area contributed by atoms with E-state index in [9.17, 15) is 9.18 Å². The largest absolute Gasteiger partial charge is 0.490 e. The van der Waals surface area contributed by atoms with Gasteiger partial charge in [0.1, 0.15) is 23.5 Å². The van der Waals surface area contributed by atoms with Gasteiger partial charge in [0.05, 0.1) is 10.6 Å². The van der Waals surface area contributed by atoms with E-state index in [0.29, 0.717) is 22.2 Å². The van der Waals surface area contributed by atoms with E-state index < -0.39 is 0 Å². The number of carbonyl (C=O) groups is 1. The van der Waals surface area contributed by atoms with Crippen molar-refractivity contribution in [2.24, 2.45) is 0 Å². The molecule has 2 fully saturated rings. The molecule has 3 heterocycles. The average molecular weight is 418 g/mol. The Labute approximate surface area is 175 Å². The van der Waals surface area contributed by atoms with Crippen molar-refractivity contribution in [1.29, 1.82) is 0 Å². The van der Waals surface area contributed by atoms with Gasteiger partial charge in [-0.3, -0.25) is 4.79 Å². The predicted molar refractivity (Wildman–Crippen MR) is 111 cm³/mol. The first-order chi connectivity index (χ1) is 14.1. The van der Waals surface area contributed by atoms with Crippen molar-refractivity contribution in [2.75, 3.05) is 31.1 Å². The van der Waals surface area contributed by atoms with Gasteiger partial charge in [-0.15, -0.1) is 0 Å². The topological polar surface area (TPSA) is 45.7 Å². The Bertz CT molecular complexity index is 848. The molecule has 0 unspecified atom stereocenters. The fourth-order valence-corrected chi connectivity index (χ4v) is 4.24. The van der Waals surface area contributed by atoms with Crippen LogP contribution >= 0.6 is 11.6 Å². The van der Waals surface area contributed by atoms with E-state index in [4.69, 9.17) is 16.3 Å². The zero-order valence-electron chi connectivity index (χ0n) is 16.3. The molecular formula is C22H25ClFN3O2. The summed E-state index contributed by atoms with van der Waals surface area (Å²) < 4.78 is 19.0. The van der Waals surface area contributed by atoms with E-state index in [2.05, 4.69) is 9.88 Å². The molecule has 0 N–H and O–H groups in total. The highest BCUT2D eigenvalue weighted by Crippen LogP contribution is 2.29. The number of halogens is 2. The number of pyridine rings is 1. The van der Waals surface area contributed by atoms with E-state index in [1.54, 1.807) is 24.4 Å². The monoisotopic (exact) mass is 417 g/mol. The van der Waals surface area contributed by atoms with Gasteiger partial charge < -0.3 is 14.5 Å². The third-order valence-electron chi connectivity index (χ3n) is 5.57. The van der Waals surface area contributed by atoms with Crippen LogP contribution in [0.5, 0.6) is 5.75 Å². The van der Waals surface area contributed by atoms with Crippen molar-refractivity contribution >= 4 is 23.3 Å². The van der Waals surface area contributed by atoms with Crippen LogP contribution in [0.3, 0.4) is 0 Å². The number of rotatable bonds is 4. The summed E-state index contributed by atoms with van der Waals surface area (Å²) >= 11 is 6.49. The lowest BCUT2D eigenvalue weighted by Gasteiger charge is -2.33. The fraction of sp³-hybridized carbons (Fsp3) is 0.455. The van der Waals surface area contributed by atoms with Crippen molar-refractivity contribution in [3.63, 3.8) is 0 Å². The SMILES string of the molecule is O=C(c1cnc(N2CCC(Oc3ccc(F)cc3)CC2)c(Cl)c1)N1CCCCC1. The Hall–Kier alpha value is -2.34. The summed E-state index contributed by atoms with van der Waals surface area (Å²) in [6.45, 7) is 3.13. The van der Waals surface area contributed by atoms with E-state index in [1.807, 2.05) is 4.90 Å². The minimum Gasteiger partial charge on any atom is -0.490 e. The van der Waals surface area contributed by atoms with Gasteiger partial charge in [-0.05, 0) is 49.6 Å². The lowest BCUT2D eigenvalue weighted by atomic mass is 10.1. The number of nitrogens with zero attached hydrogens (tertiary/aromatic N) is 3. The second-order valence-corrected chi connectivity index (χ2v) is 8.05. The van der Waals surface area contributed by atoms with Gasteiger partial charge >= 0.3 is 0 Å². The summed E-state index contributed by atoms with van der Waals surface area (Å²) in [5.41, 5.74) is 0.551. The summed E-state index contributed by atoms with van der Waals surface area (Å²) in [5.74, 6) is 1.14. The maximum Gasteiger partial charge on any atom is 0.255 e. The van der Waals surface area contributed by atoms with Crippen LogP contribution in [0.15, 0.2) is 36.5 Å².